The topological polar surface area (TPSA) is 27.1 Å². The van der Waals surface area contributed by atoms with Gasteiger partial charge in [-0.1, -0.05) is 36.4 Å². The van der Waals surface area contributed by atoms with E-state index in [-0.39, 0.29) is 5.38 Å². The molecule has 0 saturated carbocycles. The van der Waals surface area contributed by atoms with Crippen molar-refractivity contribution in [3.8, 4) is 5.75 Å². The second-order valence-electron chi connectivity index (χ2n) is 4.99. The predicted molar refractivity (Wildman–Crippen MR) is 86.1 cm³/mol. The number of halogens is 1. The van der Waals surface area contributed by atoms with Gasteiger partial charge in [-0.3, -0.25) is 0 Å². The summed E-state index contributed by atoms with van der Waals surface area (Å²) in [4.78, 5) is 4.69. The lowest BCUT2D eigenvalue weighted by molar-refractivity contribution is 0.419. The molecule has 0 spiro atoms. The summed E-state index contributed by atoms with van der Waals surface area (Å²) in [6.07, 6.45) is 0. The molecule has 3 aromatic rings. The van der Waals surface area contributed by atoms with Gasteiger partial charge in [0.1, 0.15) is 17.1 Å². The molecule has 21 heavy (non-hydrogen) atoms. The maximum Gasteiger partial charge on any atom is 0.146 e. The van der Waals surface area contributed by atoms with E-state index in [2.05, 4.69) is 27.8 Å². The van der Waals surface area contributed by atoms with Crippen molar-refractivity contribution in [2.75, 3.05) is 7.11 Å². The van der Waals surface area contributed by atoms with Gasteiger partial charge in [0.25, 0.3) is 0 Å². The Labute approximate surface area is 129 Å². The zero-order valence-electron chi connectivity index (χ0n) is 12.1. The van der Waals surface area contributed by atoms with Gasteiger partial charge in [0.2, 0.25) is 0 Å². The average molecular weight is 301 g/mol. The van der Waals surface area contributed by atoms with Crippen molar-refractivity contribution in [2.45, 2.75) is 18.8 Å². The normalized spacial score (nSPS) is 12.5. The van der Waals surface area contributed by atoms with E-state index in [1.807, 2.05) is 37.3 Å². The molecule has 0 N–H and O–H groups in total. The molecule has 0 aliphatic carbocycles. The van der Waals surface area contributed by atoms with Gasteiger partial charge in [-0.2, -0.15) is 0 Å². The summed E-state index contributed by atoms with van der Waals surface area (Å²) in [6, 6.07) is 16.3. The second-order valence-corrected chi connectivity index (χ2v) is 5.64. The highest BCUT2D eigenvalue weighted by Crippen LogP contribution is 2.30. The molecule has 0 aliphatic heterocycles. The first-order valence-corrected chi connectivity index (χ1v) is 7.35. The van der Waals surface area contributed by atoms with E-state index in [1.54, 1.807) is 7.11 Å². The first-order valence-electron chi connectivity index (χ1n) is 6.92. The Morgan fingerprint density at radius 3 is 2.57 bits per heavy atom. The minimum atomic E-state index is -0.161. The van der Waals surface area contributed by atoms with Crippen LogP contribution in [0, 0.1) is 0 Å². The van der Waals surface area contributed by atoms with Crippen molar-refractivity contribution in [1.29, 1.82) is 0 Å². The highest BCUT2D eigenvalue weighted by Gasteiger charge is 2.17. The van der Waals surface area contributed by atoms with Gasteiger partial charge in [-0.15, -0.1) is 11.6 Å². The Hall–Kier alpha value is -2.00. The fourth-order valence-electron chi connectivity index (χ4n) is 2.54. The van der Waals surface area contributed by atoms with Crippen LogP contribution in [0.3, 0.4) is 0 Å². The summed E-state index contributed by atoms with van der Waals surface area (Å²) in [6.45, 7) is 2.69. The van der Waals surface area contributed by atoms with Gasteiger partial charge in [-0.25, -0.2) is 4.98 Å². The average Bonchev–Trinajstić information content (AvgIpc) is 2.87. The fourth-order valence-corrected chi connectivity index (χ4v) is 2.71. The van der Waals surface area contributed by atoms with E-state index < -0.39 is 0 Å². The molecule has 0 saturated heterocycles. The van der Waals surface area contributed by atoms with Crippen molar-refractivity contribution >= 4 is 22.6 Å². The number of methoxy groups -OCH3 is 1. The monoisotopic (exact) mass is 300 g/mol. The van der Waals surface area contributed by atoms with Crippen LogP contribution in [-0.4, -0.2) is 16.7 Å². The van der Waals surface area contributed by atoms with E-state index >= 15 is 0 Å². The number of imidazole rings is 1. The summed E-state index contributed by atoms with van der Waals surface area (Å²) in [5.41, 5.74) is 3.12. The first kappa shape index (κ1) is 14.0. The molecule has 0 fully saturated rings. The van der Waals surface area contributed by atoms with Crippen molar-refractivity contribution < 1.29 is 4.74 Å². The third kappa shape index (κ3) is 2.61. The van der Waals surface area contributed by atoms with E-state index in [9.17, 15) is 0 Å². The van der Waals surface area contributed by atoms with Gasteiger partial charge in [0.05, 0.1) is 18.0 Å². The van der Waals surface area contributed by atoms with E-state index in [0.717, 1.165) is 29.2 Å². The molecule has 2 aromatic carbocycles. The van der Waals surface area contributed by atoms with Crippen molar-refractivity contribution in [3.05, 3.63) is 59.9 Å². The standard InChI is InChI=1S/C17H17ClN2O/c1-12(18)17-19-16-14(9-6-10-15(16)21-2)20(17)11-13-7-4-3-5-8-13/h3-10,12H,11H2,1-2H3. The number of aromatic nitrogens is 2. The van der Waals surface area contributed by atoms with Crippen LogP contribution in [0.15, 0.2) is 48.5 Å². The van der Waals surface area contributed by atoms with Gasteiger partial charge < -0.3 is 9.30 Å². The van der Waals surface area contributed by atoms with Crippen LogP contribution in [-0.2, 0) is 6.54 Å². The molecule has 1 heterocycles. The van der Waals surface area contributed by atoms with Gasteiger partial charge in [0, 0.05) is 6.54 Å². The van der Waals surface area contributed by atoms with Crippen LogP contribution in [0.25, 0.3) is 11.0 Å². The zero-order valence-corrected chi connectivity index (χ0v) is 12.8. The predicted octanol–water partition coefficient (Wildman–Crippen LogP) is 4.39. The van der Waals surface area contributed by atoms with Crippen LogP contribution in [0.5, 0.6) is 5.75 Å². The zero-order chi connectivity index (χ0) is 14.8. The smallest absolute Gasteiger partial charge is 0.146 e. The third-order valence-electron chi connectivity index (χ3n) is 3.53. The highest BCUT2D eigenvalue weighted by atomic mass is 35.5. The Kier molecular flexibility index (Phi) is 3.84. The van der Waals surface area contributed by atoms with Crippen molar-refractivity contribution in [1.82, 2.24) is 9.55 Å². The fraction of sp³-hybridized carbons (Fsp3) is 0.235. The van der Waals surface area contributed by atoms with Crippen molar-refractivity contribution in [2.24, 2.45) is 0 Å². The largest absolute Gasteiger partial charge is 0.494 e. The van der Waals surface area contributed by atoms with E-state index in [1.165, 1.54) is 5.56 Å². The number of benzene rings is 2. The highest BCUT2D eigenvalue weighted by molar-refractivity contribution is 6.20. The van der Waals surface area contributed by atoms with Crippen LogP contribution in [0.4, 0.5) is 0 Å². The van der Waals surface area contributed by atoms with Crippen LogP contribution in [0.2, 0.25) is 0 Å². The number of fused-ring (bicyclic) bond motifs is 1. The maximum atomic E-state index is 6.32. The lowest BCUT2D eigenvalue weighted by Crippen LogP contribution is -2.05. The lowest BCUT2D eigenvalue weighted by atomic mass is 10.2. The molecular formula is C17H17ClN2O. The Bertz CT molecular complexity index is 750. The number of rotatable bonds is 4. The number of nitrogens with zero attached hydrogens (tertiary/aromatic N) is 2. The Morgan fingerprint density at radius 2 is 1.90 bits per heavy atom. The number of hydrogen-bond donors (Lipinski definition) is 0. The van der Waals surface area contributed by atoms with Crippen molar-refractivity contribution in [3.63, 3.8) is 0 Å². The number of hydrogen-bond acceptors (Lipinski definition) is 2. The molecule has 1 atom stereocenters. The van der Waals surface area contributed by atoms with E-state index in [0.29, 0.717) is 0 Å². The molecule has 0 radical (unpaired) electrons. The first-order chi connectivity index (χ1) is 10.2. The molecule has 1 unspecified atom stereocenters. The minimum Gasteiger partial charge on any atom is -0.494 e. The van der Waals surface area contributed by atoms with Crippen LogP contribution >= 0.6 is 11.6 Å². The van der Waals surface area contributed by atoms with Gasteiger partial charge >= 0.3 is 0 Å². The van der Waals surface area contributed by atoms with Gasteiger partial charge in [-0.05, 0) is 24.6 Å². The lowest BCUT2D eigenvalue weighted by Gasteiger charge is -2.10. The molecule has 3 rings (SSSR count). The quantitative estimate of drug-likeness (QED) is 0.668. The van der Waals surface area contributed by atoms with E-state index in [4.69, 9.17) is 16.3 Å². The summed E-state index contributed by atoms with van der Waals surface area (Å²) in [7, 11) is 1.66. The SMILES string of the molecule is COc1cccc2c1nc(C(C)Cl)n2Cc1ccccc1. The molecule has 0 aliphatic rings. The molecule has 4 heteroatoms. The second kappa shape index (κ2) is 5.78. The molecular weight excluding hydrogens is 284 g/mol. The molecule has 3 nitrogen and oxygen atoms in total. The maximum absolute atomic E-state index is 6.32. The number of alkyl halides is 1. The summed E-state index contributed by atoms with van der Waals surface area (Å²) < 4.78 is 7.56. The molecule has 108 valence electrons. The minimum absolute atomic E-state index is 0.161. The van der Waals surface area contributed by atoms with Crippen LogP contribution < -0.4 is 4.74 Å². The molecule has 0 amide bonds. The third-order valence-corrected chi connectivity index (χ3v) is 3.73. The number of para-hydroxylation sites is 1. The van der Waals surface area contributed by atoms with Gasteiger partial charge in [0.15, 0.2) is 0 Å². The molecule has 1 aromatic heterocycles. The molecule has 0 bridgehead atoms. The Morgan fingerprint density at radius 1 is 1.14 bits per heavy atom. The summed E-state index contributed by atoms with van der Waals surface area (Å²) in [5.74, 6) is 1.64. The summed E-state index contributed by atoms with van der Waals surface area (Å²) in [5, 5.41) is -0.161. The summed E-state index contributed by atoms with van der Waals surface area (Å²) >= 11 is 6.32. The Balaban J connectivity index is 2.17. The van der Waals surface area contributed by atoms with Crippen LogP contribution in [0.1, 0.15) is 23.7 Å². The number of ether oxygens (including phenoxy) is 1.